The van der Waals surface area contributed by atoms with Crippen LogP contribution < -0.4 is 33.9 Å². The number of hydrogen-bond donors (Lipinski definition) is 1. The Morgan fingerprint density at radius 3 is 1.80 bits per heavy atom. The van der Waals surface area contributed by atoms with Crippen LogP contribution in [0, 0.1) is 0 Å². The van der Waals surface area contributed by atoms with E-state index in [4.69, 9.17) is 18.9 Å². The Balaban J connectivity index is 0.0000185. The summed E-state index contributed by atoms with van der Waals surface area (Å²) in [7, 11) is 0. The van der Waals surface area contributed by atoms with Crippen LogP contribution in [0.5, 0.6) is 0 Å². The summed E-state index contributed by atoms with van der Waals surface area (Å²) in [6.07, 6.45) is 17.6. The zero-order valence-corrected chi connectivity index (χ0v) is 29.7. The van der Waals surface area contributed by atoms with Gasteiger partial charge in [-0.25, -0.2) is 19.1 Å². The van der Waals surface area contributed by atoms with E-state index in [1.165, 1.54) is 77.6 Å². The van der Waals surface area contributed by atoms with Gasteiger partial charge in [-0.05, 0) is 13.3 Å². The van der Waals surface area contributed by atoms with Gasteiger partial charge in [0, 0.05) is 25.6 Å². The third-order valence-corrected chi connectivity index (χ3v) is 7.13. The van der Waals surface area contributed by atoms with Gasteiger partial charge in [0.15, 0.2) is 6.20 Å². The van der Waals surface area contributed by atoms with Gasteiger partial charge in [-0.1, -0.05) is 90.0 Å². The number of halogens is 1. The topological polar surface area (TPSA) is 107 Å². The lowest BCUT2D eigenvalue weighted by molar-refractivity contribution is -0.701. The van der Waals surface area contributed by atoms with E-state index in [0.717, 1.165) is 30.0 Å². The van der Waals surface area contributed by atoms with Gasteiger partial charge in [0.2, 0.25) is 11.6 Å². The van der Waals surface area contributed by atoms with Crippen molar-refractivity contribution in [2.24, 2.45) is 0 Å². The van der Waals surface area contributed by atoms with Crippen LogP contribution in [0.25, 0.3) is 0 Å². The second kappa shape index (κ2) is 29.7. The van der Waals surface area contributed by atoms with Gasteiger partial charge in [0.25, 0.3) is 0 Å². The van der Waals surface area contributed by atoms with Crippen molar-refractivity contribution < 1.29 is 61.9 Å². The maximum absolute atomic E-state index is 12.4. The molecule has 0 aliphatic carbocycles. The van der Waals surface area contributed by atoms with E-state index < -0.39 is 12.2 Å². The molecule has 254 valence electrons. The van der Waals surface area contributed by atoms with Crippen LogP contribution in [-0.4, -0.2) is 69.2 Å². The number of carbonyl (C=O) groups is 3. The SMILES string of the molecule is CCCCCCCCCCCCCCCNC(=O)OCCOCCOCCOC(=O)N(Cc1cccc[n+]1CC)C(C)=O.[I-]. The Labute approximate surface area is 282 Å². The van der Waals surface area contributed by atoms with Crippen molar-refractivity contribution in [3.63, 3.8) is 0 Å². The zero-order valence-electron chi connectivity index (χ0n) is 27.5. The number of unbranched alkanes of at least 4 members (excludes halogenated alkanes) is 12. The number of amides is 3. The summed E-state index contributed by atoms with van der Waals surface area (Å²) in [6, 6.07) is 5.63. The highest BCUT2D eigenvalue weighted by Crippen LogP contribution is 2.12. The highest BCUT2D eigenvalue weighted by atomic mass is 127. The molecule has 0 bridgehead atoms. The van der Waals surface area contributed by atoms with Crippen LogP contribution in [0.3, 0.4) is 0 Å². The van der Waals surface area contributed by atoms with Gasteiger partial charge in [0.1, 0.15) is 26.3 Å². The molecule has 1 N–H and O–H groups in total. The predicted molar refractivity (Wildman–Crippen MR) is 167 cm³/mol. The highest BCUT2D eigenvalue weighted by Gasteiger charge is 2.23. The van der Waals surface area contributed by atoms with E-state index in [-0.39, 0.29) is 62.9 Å². The van der Waals surface area contributed by atoms with E-state index >= 15 is 0 Å². The van der Waals surface area contributed by atoms with Crippen molar-refractivity contribution in [3.05, 3.63) is 30.1 Å². The molecule has 1 heterocycles. The fraction of sp³-hybridized carbons (Fsp3) is 0.758. The summed E-state index contributed by atoms with van der Waals surface area (Å²) in [5.41, 5.74) is 0.835. The fourth-order valence-electron chi connectivity index (χ4n) is 4.60. The quantitative estimate of drug-likeness (QED) is 0.0885. The van der Waals surface area contributed by atoms with Crippen molar-refractivity contribution in [1.82, 2.24) is 10.2 Å². The van der Waals surface area contributed by atoms with Gasteiger partial charge >= 0.3 is 12.2 Å². The van der Waals surface area contributed by atoms with Crippen LogP contribution in [0.4, 0.5) is 9.59 Å². The molecule has 0 spiro atoms. The number of nitrogens with one attached hydrogen (secondary N) is 1. The molecule has 10 nitrogen and oxygen atoms in total. The number of ether oxygens (including phenoxy) is 4. The summed E-state index contributed by atoms with van der Waals surface area (Å²) in [4.78, 5) is 37.2. The molecule has 0 saturated heterocycles. The molecular formula is C33H58IN3O7. The maximum atomic E-state index is 12.4. The molecule has 0 radical (unpaired) electrons. The van der Waals surface area contributed by atoms with Gasteiger partial charge in [-0.3, -0.25) is 4.79 Å². The number of rotatable bonds is 26. The van der Waals surface area contributed by atoms with Gasteiger partial charge in [0.05, 0.1) is 26.4 Å². The van der Waals surface area contributed by atoms with E-state index in [0.29, 0.717) is 19.8 Å². The van der Waals surface area contributed by atoms with E-state index in [9.17, 15) is 14.4 Å². The summed E-state index contributed by atoms with van der Waals surface area (Å²) < 4.78 is 23.1. The van der Waals surface area contributed by atoms with Crippen LogP contribution in [-0.2, 0) is 36.8 Å². The van der Waals surface area contributed by atoms with Crippen LogP contribution in [0.15, 0.2) is 24.4 Å². The standard InChI is InChI=1S/C33H57N3O7.HI/c1-4-6-7-8-9-10-11-12-13-14-15-16-18-21-34-32(38)42-27-25-40-23-24-41-26-28-43-33(39)36(30(3)37)29-31-20-17-19-22-35(31)5-2;/h17,19-20,22H,4-16,18,21,23-29H2,1-3H3;1H. The van der Waals surface area contributed by atoms with Crippen molar-refractivity contribution in [3.8, 4) is 0 Å². The number of carbonyl (C=O) groups excluding carboxylic acids is 3. The Morgan fingerprint density at radius 1 is 0.727 bits per heavy atom. The second-order valence-corrected chi connectivity index (χ2v) is 10.7. The van der Waals surface area contributed by atoms with Gasteiger partial charge < -0.3 is 48.2 Å². The predicted octanol–water partition coefficient (Wildman–Crippen LogP) is 3.33. The molecule has 0 unspecified atom stereocenters. The first-order valence-electron chi connectivity index (χ1n) is 16.5. The number of aromatic nitrogens is 1. The number of alkyl carbamates (subject to hydrolysis) is 1. The number of pyridine rings is 1. The molecule has 0 aliphatic rings. The Hall–Kier alpha value is -1.99. The van der Waals surface area contributed by atoms with E-state index in [2.05, 4.69) is 12.2 Å². The molecule has 0 aromatic carbocycles. The lowest BCUT2D eigenvalue weighted by Gasteiger charge is -2.17. The number of aryl methyl sites for hydroxylation is 1. The zero-order chi connectivity index (χ0) is 31.4. The molecule has 44 heavy (non-hydrogen) atoms. The average Bonchev–Trinajstić information content (AvgIpc) is 3.00. The molecule has 0 fully saturated rings. The second-order valence-electron chi connectivity index (χ2n) is 10.7. The van der Waals surface area contributed by atoms with Crippen LogP contribution in [0.1, 0.15) is 110 Å². The molecule has 11 heteroatoms. The summed E-state index contributed by atoms with van der Waals surface area (Å²) in [5, 5.41) is 2.78. The first-order valence-corrected chi connectivity index (χ1v) is 16.5. The first kappa shape index (κ1) is 42.0. The van der Waals surface area contributed by atoms with Crippen molar-refractivity contribution >= 4 is 18.1 Å². The molecule has 0 saturated carbocycles. The number of nitrogens with zero attached hydrogens (tertiary/aromatic N) is 2. The minimum absolute atomic E-state index is 0. The average molecular weight is 736 g/mol. The first-order chi connectivity index (χ1) is 21.0. The minimum atomic E-state index is -0.705. The smallest absolute Gasteiger partial charge is 0.417 e. The third-order valence-electron chi connectivity index (χ3n) is 7.13. The lowest BCUT2D eigenvalue weighted by atomic mass is 10.0. The summed E-state index contributed by atoms with van der Waals surface area (Å²) in [6.45, 7) is 8.35. The number of hydrogen-bond acceptors (Lipinski definition) is 7. The number of imide groups is 1. The fourth-order valence-corrected chi connectivity index (χ4v) is 4.60. The Bertz CT molecular complexity index is 876. The summed E-state index contributed by atoms with van der Waals surface area (Å²) in [5.74, 6) is -0.388. The highest BCUT2D eigenvalue weighted by molar-refractivity contribution is 5.90. The normalized spacial score (nSPS) is 10.6. The molecular weight excluding hydrogens is 677 g/mol. The molecule has 1 rings (SSSR count). The molecule has 1 aromatic rings. The Kier molecular flexibility index (Phi) is 28.4. The van der Waals surface area contributed by atoms with Crippen molar-refractivity contribution in [1.29, 1.82) is 0 Å². The van der Waals surface area contributed by atoms with E-state index in [1.54, 1.807) is 0 Å². The maximum Gasteiger partial charge on any atom is 0.417 e. The molecule has 0 atom stereocenters. The Morgan fingerprint density at radius 2 is 1.25 bits per heavy atom. The van der Waals surface area contributed by atoms with Gasteiger partial charge in [-0.2, -0.15) is 0 Å². The van der Waals surface area contributed by atoms with Crippen LogP contribution >= 0.6 is 0 Å². The van der Waals surface area contributed by atoms with Crippen molar-refractivity contribution in [2.75, 3.05) is 46.2 Å². The molecule has 0 aliphatic heterocycles. The van der Waals surface area contributed by atoms with E-state index in [1.807, 2.05) is 35.9 Å². The van der Waals surface area contributed by atoms with Crippen LogP contribution in [0.2, 0.25) is 0 Å². The molecule has 1 aromatic heterocycles. The minimum Gasteiger partial charge on any atom is -1.00 e. The lowest BCUT2D eigenvalue weighted by Crippen LogP contribution is -3.00. The summed E-state index contributed by atoms with van der Waals surface area (Å²) >= 11 is 0. The third kappa shape index (κ3) is 22.5. The largest absolute Gasteiger partial charge is 1.00 e. The molecule has 3 amide bonds. The van der Waals surface area contributed by atoms with Crippen molar-refractivity contribution in [2.45, 2.75) is 117 Å². The monoisotopic (exact) mass is 735 g/mol. The van der Waals surface area contributed by atoms with Gasteiger partial charge in [-0.15, -0.1) is 0 Å².